The molecule has 0 unspecified atom stereocenters. The minimum Gasteiger partial charge on any atom is -0.326 e. The average molecular weight is 241 g/mol. The van der Waals surface area contributed by atoms with Gasteiger partial charge >= 0.3 is 0 Å². The standard InChI is InChI=1S/C10H9NO.C6H10/c1-3-9-5-4-6-10(7-9)11-8(2)12;1-2-6-4-3-5(1)6/h1,4-7H,2H3,(H,11,12);5-6H,1-4H2. The Kier molecular flexibility index (Phi) is 4.04. The first-order chi connectivity index (χ1) is 8.69. The number of amides is 1. The number of carbonyl (C=O) groups is 1. The summed E-state index contributed by atoms with van der Waals surface area (Å²) in [6.07, 6.45) is 11.4. The summed E-state index contributed by atoms with van der Waals surface area (Å²) >= 11 is 0. The zero-order chi connectivity index (χ0) is 13.0. The highest BCUT2D eigenvalue weighted by molar-refractivity contribution is 5.88. The zero-order valence-corrected chi connectivity index (χ0v) is 10.8. The molecule has 3 rings (SSSR count). The third-order valence-corrected chi connectivity index (χ3v) is 3.83. The van der Waals surface area contributed by atoms with Crippen molar-refractivity contribution in [3.63, 3.8) is 0 Å². The normalized spacial score (nSPS) is 23.1. The Morgan fingerprint density at radius 3 is 2.28 bits per heavy atom. The first-order valence-corrected chi connectivity index (χ1v) is 6.53. The number of fused-ring (bicyclic) bond motifs is 1. The van der Waals surface area contributed by atoms with E-state index in [4.69, 9.17) is 6.42 Å². The third kappa shape index (κ3) is 3.13. The second-order valence-corrected chi connectivity index (χ2v) is 5.08. The number of anilines is 1. The minimum atomic E-state index is -0.0934. The van der Waals surface area contributed by atoms with E-state index in [1.807, 2.05) is 6.07 Å². The summed E-state index contributed by atoms with van der Waals surface area (Å²) in [5.41, 5.74) is 1.50. The van der Waals surface area contributed by atoms with Crippen molar-refractivity contribution in [3.8, 4) is 12.3 Å². The molecule has 0 heterocycles. The van der Waals surface area contributed by atoms with E-state index >= 15 is 0 Å². The molecule has 2 saturated carbocycles. The molecule has 2 aliphatic rings. The maximum Gasteiger partial charge on any atom is 0.221 e. The molecular weight excluding hydrogens is 222 g/mol. The van der Waals surface area contributed by atoms with Crippen LogP contribution >= 0.6 is 0 Å². The molecule has 0 spiro atoms. The topological polar surface area (TPSA) is 29.1 Å². The van der Waals surface area contributed by atoms with Gasteiger partial charge in [-0.2, -0.15) is 0 Å². The Bertz CT molecular complexity index is 454. The fourth-order valence-corrected chi connectivity index (χ4v) is 2.45. The number of nitrogens with one attached hydrogen (secondary N) is 1. The van der Waals surface area contributed by atoms with E-state index in [1.165, 1.54) is 18.8 Å². The smallest absolute Gasteiger partial charge is 0.221 e. The van der Waals surface area contributed by atoms with Crippen molar-refractivity contribution in [2.75, 3.05) is 5.32 Å². The van der Waals surface area contributed by atoms with Gasteiger partial charge in [0, 0.05) is 18.2 Å². The summed E-state index contributed by atoms with van der Waals surface area (Å²) in [6, 6.07) is 7.16. The lowest BCUT2D eigenvalue weighted by atomic mass is 9.60. The Morgan fingerprint density at radius 2 is 1.89 bits per heavy atom. The summed E-state index contributed by atoms with van der Waals surface area (Å²) in [7, 11) is 0. The van der Waals surface area contributed by atoms with Gasteiger partial charge in [-0.1, -0.05) is 12.0 Å². The molecule has 1 amide bonds. The summed E-state index contributed by atoms with van der Waals surface area (Å²) in [5, 5.41) is 2.64. The van der Waals surface area contributed by atoms with Gasteiger partial charge in [0.05, 0.1) is 0 Å². The van der Waals surface area contributed by atoms with E-state index in [2.05, 4.69) is 11.2 Å². The molecule has 0 bridgehead atoms. The molecule has 0 aliphatic heterocycles. The summed E-state index contributed by atoms with van der Waals surface area (Å²) in [6.45, 7) is 1.46. The minimum absolute atomic E-state index is 0.0934. The summed E-state index contributed by atoms with van der Waals surface area (Å²) in [5.74, 6) is 4.82. The largest absolute Gasteiger partial charge is 0.326 e. The Labute approximate surface area is 109 Å². The highest BCUT2D eigenvalue weighted by atomic mass is 16.1. The van der Waals surface area contributed by atoms with Gasteiger partial charge in [0.2, 0.25) is 5.91 Å². The second-order valence-electron chi connectivity index (χ2n) is 5.08. The molecule has 1 aromatic carbocycles. The predicted octanol–water partition coefficient (Wildman–Crippen LogP) is 3.43. The number of rotatable bonds is 1. The molecular formula is C16H19NO. The molecule has 0 aromatic heterocycles. The van der Waals surface area contributed by atoms with Gasteiger partial charge in [-0.3, -0.25) is 4.79 Å². The van der Waals surface area contributed by atoms with E-state index in [0.29, 0.717) is 0 Å². The molecule has 94 valence electrons. The van der Waals surface area contributed by atoms with Gasteiger partial charge in [0.15, 0.2) is 0 Å². The van der Waals surface area contributed by atoms with Crippen LogP contribution in [0.2, 0.25) is 0 Å². The first-order valence-electron chi connectivity index (χ1n) is 6.53. The Balaban J connectivity index is 0.000000164. The molecule has 1 aromatic rings. The van der Waals surface area contributed by atoms with Gasteiger partial charge in [0.25, 0.3) is 0 Å². The first kappa shape index (κ1) is 12.7. The van der Waals surface area contributed by atoms with Gasteiger partial charge in [-0.15, -0.1) is 6.42 Å². The Morgan fingerprint density at radius 1 is 1.28 bits per heavy atom. The maximum atomic E-state index is 10.7. The van der Waals surface area contributed by atoms with E-state index in [0.717, 1.165) is 11.3 Å². The van der Waals surface area contributed by atoms with Crippen LogP contribution in [0, 0.1) is 24.2 Å². The van der Waals surface area contributed by atoms with Crippen LogP contribution in [0.4, 0.5) is 5.69 Å². The van der Waals surface area contributed by atoms with E-state index in [9.17, 15) is 4.79 Å². The summed E-state index contributed by atoms with van der Waals surface area (Å²) < 4.78 is 0. The SMILES string of the molecule is C#Cc1cccc(NC(C)=O)c1.C1CC2CCC12. The van der Waals surface area contributed by atoms with E-state index < -0.39 is 0 Å². The van der Waals surface area contributed by atoms with Crippen LogP contribution in [0.15, 0.2) is 24.3 Å². The predicted molar refractivity (Wildman–Crippen MR) is 74.1 cm³/mol. The molecule has 2 fully saturated rings. The van der Waals surface area contributed by atoms with Gasteiger partial charge in [0.1, 0.15) is 0 Å². The molecule has 0 saturated heterocycles. The molecule has 0 atom stereocenters. The molecule has 1 N–H and O–H groups in total. The highest BCUT2D eigenvalue weighted by Gasteiger charge is 2.37. The average Bonchev–Trinajstić information content (AvgIpc) is 2.34. The lowest BCUT2D eigenvalue weighted by molar-refractivity contribution is -0.114. The zero-order valence-electron chi connectivity index (χ0n) is 10.8. The van der Waals surface area contributed by atoms with Crippen molar-refractivity contribution in [1.29, 1.82) is 0 Å². The van der Waals surface area contributed by atoms with Crippen LogP contribution in [-0.4, -0.2) is 5.91 Å². The number of hydrogen-bond donors (Lipinski definition) is 1. The van der Waals surface area contributed by atoms with Crippen molar-refractivity contribution in [2.24, 2.45) is 11.8 Å². The quantitative estimate of drug-likeness (QED) is 0.750. The van der Waals surface area contributed by atoms with Crippen LogP contribution in [0.3, 0.4) is 0 Å². The monoisotopic (exact) mass is 241 g/mol. The third-order valence-electron chi connectivity index (χ3n) is 3.83. The second kappa shape index (κ2) is 5.73. The van der Waals surface area contributed by atoms with Crippen LogP contribution < -0.4 is 5.32 Å². The molecule has 2 heteroatoms. The summed E-state index contributed by atoms with van der Waals surface area (Å²) in [4.78, 5) is 10.7. The lowest BCUT2D eigenvalue weighted by Crippen LogP contribution is -2.34. The van der Waals surface area contributed by atoms with Crippen LogP contribution in [-0.2, 0) is 4.79 Å². The number of terminal acetylenes is 1. The van der Waals surface area contributed by atoms with Gasteiger partial charge < -0.3 is 5.32 Å². The number of benzene rings is 1. The van der Waals surface area contributed by atoms with Gasteiger partial charge in [-0.05, 0) is 55.7 Å². The molecule has 2 nitrogen and oxygen atoms in total. The van der Waals surface area contributed by atoms with Crippen molar-refractivity contribution in [2.45, 2.75) is 32.6 Å². The number of carbonyl (C=O) groups excluding carboxylic acids is 1. The van der Waals surface area contributed by atoms with Crippen LogP contribution in [0.25, 0.3) is 0 Å². The molecule has 2 aliphatic carbocycles. The molecule has 18 heavy (non-hydrogen) atoms. The van der Waals surface area contributed by atoms with Gasteiger partial charge in [-0.25, -0.2) is 0 Å². The maximum absolute atomic E-state index is 10.7. The van der Waals surface area contributed by atoms with E-state index in [-0.39, 0.29) is 5.91 Å². The van der Waals surface area contributed by atoms with E-state index in [1.54, 1.807) is 43.9 Å². The Hall–Kier alpha value is -1.75. The van der Waals surface area contributed by atoms with Crippen molar-refractivity contribution in [3.05, 3.63) is 29.8 Å². The number of hydrogen-bond acceptors (Lipinski definition) is 1. The van der Waals surface area contributed by atoms with Crippen LogP contribution in [0.1, 0.15) is 38.2 Å². The lowest BCUT2D eigenvalue weighted by Gasteiger charge is -2.46. The van der Waals surface area contributed by atoms with Crippen molar-refractivity contribution >= 4 is 11.6 Å². The van der Waals surface area contributed by atoms with Crippen LogP contribution in [0.5, 0.6) is 0 Å². The fraction of sp³-hybridized carbons (Fsp3) is 0.438. The van der Waals surface area contributed by atoms with Crippen molar-refractivity contribution < 1.29 is 4.79 Å². The fourth-order valence-electron chi connectivity index (χ4n) is 2.45. The van der Waals surface area contributed by atoms with Crippen molar-refractivity contribution in [1.82, 2.24) is 0 Å². The molecule has 0 radical (unpaired) electrons. The highest BCUT2D eigenvalue weighted by Crippen LogP contribution is 2.49.